The van der Waals surface area contributed by atoms with E-state index in [-0.39, 0.29) is 18.1 Å². The van der Waals surface area contributed by atoms with Crippen molar-refractivity contribution in [2.45, 2.75) is 0 Å². The molecule has 1 heterocycles. The Labute approximate surface area is 114 Å². The molecule has 92 valence electrons. The average molecular weight is 283 g/mol. The van der Waals surface area contributed by atoms with Gasteiger partial charge >= 0.3 is 0 Å². The summed E-state index contributed by atoms with van der Waals surface area (Å²) in [6, 6.07) is 4.79. The SMILES string of the molecule is O=C(COc1ccc(Cl)cc1Cl)c1cnccn1. The van der Waals surface area contributed by atoms with Crippen molar-refractivity contribution in [2.75, 3.05) is 6.61 Å². The normalized spacial score (nSPS) is 10.1. The molecule has 0 saturated heterocycles. The van der Waals surface area contributed by atoms with E-state index in [0.29, 0.717) is 15.8 Å². The van der Waals surface area contributed by atoms with E-state index in [4.69, 9.17) is 27.9 Å². The van der Waals surface area contributed by atoms with Gasteiger partial charge < -0.3 is 4.74 Å². The van der Waals surface area contributed by atoms with Crippen molar-refractivity contribution in [3.8, 4) is 5.75 Å². The predicted octanol–water partition coefficient (Wildman–Crippen LogP) is 3.05. The van der Waals surface area contributed by atoms with Gasteiger partial charge in [-0.3, -0.25) is 9.78 Å². The zero-order valence-corrected chi connectivity index (χ0v) is 10.6. The highest BCUT2D eigenvalue weighted by molar-refractivity contribution is 6.35. The largest absolute Gasteiger partial charge is 0.484 e. The monoisotopic (exact) mass is 282 g/mol. The van der Waals surface area contributed by atoms with Crippen molar-refractivity contribution < 1.29 is 9.53 Å². The lowest BCUT2D eigenvalue weighted by Crippen LogP contribution is -2.13. The van der Waals surface area contributed by atoms with Gasteiger partial charge in [0.2, 0.25) is 5.78 Å². The first-order chi connectivity index (χ1) is 8.66. The maximum atomic E-state index is 11.7. The van der Waals surface area contributed by atoms with Crippen LogP contribution in [0.3, 0.4) is 0 Å². The van der Waals surface area contributed by atoms with Gasteiger partial charge in [0.05, 0.1) is 11.2 Å². The van der Waals surface area contributed by atoms with Gasteiger partial charge in [-0.2, -0.15) is 0 Å². The molecule has 0 amide bonds. The van der Waals surface area contributed by atoms with Gasteiger partial charge in [-0.1, -0.05) is 23.2 Å². The number of aromatic nitrogens is 2. The molecule has 6 heteroatoms. The number of nitrogens with zero attached hydrogens (tertiary/aromatic N) is 2. The van der Waals surface area contributed by atoms with Crippen LogP contribution in [-0.2, 0) is 0 Å². The molecule has 0 atom stereocenters. The van der Waals surface area contributed by atoms with Crippen LogP contribution in [0.4, 0.5) is 0 Å². The third kappa shape index (κ3) is 3.18. The van der Waals surface area contributed by atoms with Crippen LogP contribution in [0, 0.1) is 0 Å². The molecular formula is C12H8Cl2N2O2. The number of Topliss-reactive ketones (excluding diaryl/α,β-unsaturated/α-hetero) is 1. The number of ketones is 1. The number of halogens is 2. The van der Waals surface area contributed by atoms with Crippen molar-refractivity contribution in [3.63, 3.8) is 0 Å². The maximum absolute atomic E-state index is 11.7. The lowest BCUT2D eigenvalue weighted by molar-refractivity contribution is 0.0916. The highest BCUT2D eigenvalue weighted by Crippen LogP contribution is 2.27. The molecule has 18 heavy (non-hydrogen) atoms. The minimum Gasteiger partial charge on any atom is -0.484 e. The second-order valence-corrected chi connectivity index (χ2v) is 4.22. The van der Waals surface area contributed by atoms with Crippen molar-refractivity contribution in [1.29, 1.82) is 0 Å². The molecule has 0 radical (unpaired) electrons. The number of carbonyl (C=O) groups excluding carboxylic acids is 1. The van der Waals surface area contributed by atoms with Gasteiger partial charge in [0.15, 0.2) is 6.61 Å². The van der Waals surface area contributed by atoms with E-state index in [1.807, 2.05) is 0 Å². The van der Waals surface area contributed by atoms with E-state index < -0.39 is 0 Å². The summed E-state index contributed by atoms with van der Waals surface area (Å²) in [4.78, 5) is 19.4. The topological polar surface area (TPSA) is 52.1 Å². The van der Waals surface area contributed by atoms with Crippen LogP contribution in [0.15, 0.2) is 36.8 Å². The van der Waals surface area contributed by atoms with Gasteiger partial charge in [-0.15, -0.1) is 0 Å². The molecule has 0 spiro atoms. The van der Waals surface area contributed by atoms with E-state index in [2.05, 4.69) is 9.97 Å². The van der Waals surface area contributed by atoms with E-state index >= 15 is 0 Å². The fourth-order valence-corrected chi connectivity index (χ4v) is 1.72. The van der Waals surface area contributed by atoms with Crippen LogP contribution >= 0.6 is 23.2 Å². The molecule has 0 bridgehead atoms. The number of hydrogen-bond acceptors (Lipinski definition) is 4. The molecule has 0 aliphatic carbocycles. The van der Waals surface area contributed by atoms with Crippen LogP contribution in [0.2, 0.25) is 10.0 Å². The Hall–Kier alpha value is -1.65. The Bertz CT molecular complexity index is 561. The second-order valence-electron chi connectivity index (χ2n) is 3.38. The summed E-state index contributed by atoms with van der Waals surface area (Å²) >= 11 is 11.7. The van der Waals surface area contributed by atoms with Gasteiger partial charge in [0, 0.05) is 17.4 Å². The molecule has 0 N–H and O–H groups in total. The Balaban J connectivity index is 2.02. The fourth-order valence-electron chi connectivity index (χ4n) is 1.25. The Morgan fingerprint density at radius 1 is 1.28 bits per heavy atom. The van der Waals surface area contributed by atoms with Crippen LogP contribution in [-0.4, -0.2) is 22.4 Å². The zero-order chi connectivity index (χ0) is 13.0. The molecule has 0 aliphatic rings. The zero-order valence-electron chi connectivity index (χ0n) is 9.14. The molecule has 0 fully saturated rings. The number of ether oxygens (including phenoxy) is 1. The summed E-state index contributed by atoms with van der Waals surface area (Å²) < 4.78 is 5.30. The summed E-state index contributed by atoms with van der Waals surface area (Å²) in [7, 11) is 0. The number of hydrogen-bond donors (Lipinski definition) is 0. The summed E-state index contributed by atoms with van der Waals surface area (Å²) in [5.41, 5.74) is 0.252. The number of rotatable bonds is 4. The molecular weight excluding hydrogens is 275 g/mol. The Kier molecular flexibility index (Phi) is 4.12. The number of benzene rings is 1. The second kappa shape index (κ2) is 5.80. The first-order valence-corrected chi connectivity index (χ1v) is 5.79. The first kappa shape index (κ1) is 12.8. The molecule has 2 rings (SSSR count). The standard InChI is InChI=1S/C12H8Cl2N2O2/c13-8-1-2-12(9(14)5-8)18-7-11(17)10-6-15-3-4-16-10/h1-6H,7H2. The number of carbonyl (C=O) groups is 1. The van der Waals surface area contributed by atoms with Crippen molar-refractivity contribution in [3.05, 3.63) is 52.5 Å². The van der Waals surface area contributed by atoms with Gasteiger partial charge in [0.25, 0.3) is 0 Å². The molecule has 1 aromatic carbocycles. The molecule has 4 nitrogen and oxygen atoms in total. The first-order valence-electron chi connectivity index (χ1n) is 5.04. The Morgan fingerprint density at radius 2 is 2.11 bits per heavy atom. The van der Waals surface area contributed by atoms with Crippen LogP contribution in [0.5, 0.6) is 5.75 Å². The lowest BCUT2D eigenvalue weighted by Gasteiger charge is -2.06. The Morgan fingerprint density at radius 3 is 2.78 bits per heavy atom. The van der Waals surface area contributed by atoms with Crippen molar-refractivity contribution >= 4 is 29.0 Å². The molecule has 0 aliphatic heterocycles. The van der Waals surface area contributed by atoms with Crippen LogP contribution < -0.4 is 4.74 Å². The predicted molar refractivity (Wildman–Crippen MR) is 68.3 cm³/mol. The van der Waals surface area contributed by atoms with E-state index in [0.717, 1.165) is 0 Å². The summed E-state index contributed by atoms with van der Waals surface area (Å²) in [5.74, 6) is 0.132. The molecule has 1 aromatic heterocycles. The van der Waals surface area contributed by atoms with Gasteiger partial charge in [0.1, 0.15) is 11.4 Å². The maximum Gasteiger partial charge on any atom is 0.220 e. The summed E-state index contributed by atoms with van der Waals surface area (Å²) in [5, 5.41) is 0.863. The average Bonchev–Trinajstić information content (AvgIpc) is 2.38. The smallest absolute Gasteiger partial charge is 0.220 e. The highest BCUT2D eigenvalue weighted by atomic mass is 35.5. The van der Waals surface area contributed by atoms with E-state index in [9.17, 15) is 4.79 Å². The lowest BCUT2D eigenvalue weighted by atomic mass is 10.3. The van der Waals surface area contributed by atoms with Gasteiger partial charge in [-0.25, -0.2) is 4.98 Å². The van der Waals surface area contributed by atoms with Crippen molar-refractivity contribution in [1.82, 2.24) is 9.97 Å². The fraction of sp³-hybridized carbons (Fsp3) is 0.0833. The van der Waals surface area contributed by atoms with Crippen LogP contribution in [0.1, 0.15) is 10.5 Å². The minimum absolute atomic E-state index is 0.153. The molecule has 0 saturated carbocycles. The summed E-state index contributed by atoms with van der Waals surface area (Å²) in [6.07, 6.45) is 4.32. The quantitative estimate of drug-likeness (QED) is 0.809. The minimum atomic E-state index is -0.269. The molecule has 2 aromatic rings. The van der Waals surface area contributed by atoms with Crippen molar-refractivity contribution in [2.24, 2.45) is 0 Å². The third-order valence-corrected chi connectivity index (χ3v) is 2.63. The van der Waals surface area contributed by atoms with E-state index in [1.54, 1.807) is 18.2 Å². The highest BCUT2D eigenvalue weighted by Gasteiger charge is 2.09. The summed E-state index contributed by atoms with van der Waals surface area (Å²) in [6.45, 7) is -0.153. The molecule has 0 unspecified atom stereocenters. The van der Waals surface area contributed by atoms with E-state index in [1.165, 1.54) is 18.6 Å². The van der Waals surface area contributed by atoms with Gasteiger partial charge in [-0.05, 0) is 18.2 Å². The van der Waals surface area contributed by atoms with Crippen LogP contribution in [0.25, 0.3) is 0 Å². The third-order valence-electron chi connectivity index (χ3n) is 2.10.